The first kappa shape index (κ1) is 16.8. The Morgan fingerprint density at radius 3 is 2.95 bits per heavy atom. The van der Waals surface area contributed by atoms with Crippen LogP contribution in [-0.4, -0.2) is 43.6 Å². The summed E-state index contributed by atoms with van der Waals surface area (Å²) in [7, 11) is 1.63. The third-order valence-electron chi connectivity index (χ3n) is 4.52. The Morgan fingerprint density at radius 1 is 1.41 bits per heavy atom. The van der Waals surface area contributed by atoms with Crippen LogP contribution in [0, 0.1) is 6.92 Å². The number of hydrogen-bond acceptors (Lipinski definition) is 3. The fourth-order valence-electron chi connectivity index (χ4n) is 3.04. The standard InChI is InChI=1S/C18H28N2O2/c1-14-8-9-16(13-17(14)22-3)18(21)19-10-6-12-20-11-5-4-7-15(20)2/h8-9,13,15H,4-7,10-12H2,1-3H3,(H,19,21). The molecular weight excluding hydrogens is 276 g/mol. The second-order valence-electron chi connectivity index (χ2n) is 6.17. The number of methoxy groups -OCH3 is 1. The van der Waals surface area contributed by atoms with Crippen molar-refractivity contribution in [1.82, 2.24) is 10.2 Å². The lowest BCUT2D eigenvalue weighted by Crippen LogP contribution is -2.39. The number of amides is 1. The molecule has 122 valence electrons. The van der Waals surface area contributed by atoms with Crippen LogP contribution in [-0.2, 0) is 0 Å². The van der Waals surface area contributed by atoms with Crippen molar-refractivity contribution >= 4 is 5.91 Å². The Labute approximate surface area is 133 Å². The van der Waals surface area contributed by atoms with Crippen molar-refractivity contribution in [3.63, 3.8) is 0 Å². The van der Waals surface area contributed by atoms with Gasteiger partial charge in [-0.3, -0.25) is 4.79 Å². The Bertz CT molecular complexity index is 502. The van der Waals surface area contributed by atoms with Crippen LogP contribution < -0.4 is 10.1 Å². The molecule has 0 radical (unpaired) electrons. The Kier molecular flexibility index (Phi) is 6.25. The van der Waals surface area contributed by atoms with E-state index in [-0.39, 0.29) is 5.91 Å². The van der Waals surface area contributed by atoms with Crippen molar-refractivity contribution in [2.75, 3.05) is 26.7 Å². The average molecular weight is 304 g/mol. The van der Waals surface area contributed by atoms with Gasteiger partial charge in [0.15, 0.2) is 0 Å². The zero-order valence-corrected chi connectivity index (χ0v) is 14.0. The zero-order chi connectivity index (χ0) is 15.9. The summed E-state index contributed by atoms with van der Waals surface area (Å²) < 4.78 is 5.27. The van der Waals surface area contributed by atoms with Crippen LogP contribution in [0.5, 0.6) is 5.75 Å². The molecule has 2 rings (SSSR count). The van der Waals surface area contributed by atoms with Crippen molar-refractivity contribution in [2.24, 2.45) is 0 Å². The van der Waals surface area contributed by atoms with E-state index >= 15 is 0 Å². The highest BCUT2D eigenvalue weighted by atomic mass is 16.5. The highest BCUT2D eigenvalue weighted by molar-refractivity contribution is 5.94. The summed E-state index contributed by atoms with van der Waals surface area (Å²) >= 11 is 0. The largest absolute Gasteiger partial charge is 0.496 e. The molecule has 1 aromatic carbocycles. The predicted octanol–water partition coefficient (Wildman–Crippen LogP) is 3.00. The summed E-state index contributed by atoms with van der Waals surface area (Å²) in [5.74, 6) is 0.736. The normalized spacial score (nSPS) is 19.0. The number of nitrogens with zero attached hydrogens (tertiary/aromatic N) is 1. The van der Waals surface area contributed by atoms with Crippen molar-refractivity contribution in [3.8, 4) is 5.75 Å². The Balaban J connectivity index is 1.75. The number of piperidine rings is 1. The zero-order valence-electron chi connectivity index (χ0n) is 14.0. The molecule has 1 aliphatic rings. The summed E-state index contributed by atoms with van der Waals surface area (Å²) in [6, 6.07) is 6.26. The summed E-state index contributed by atoms with van der Waals surface area (Å²) in [4.78, 5) is 14.7. The molecule has 1 N–H and O–H groups in total. The number of benzene rings is 1. The molecule has 1 atom stereocenters. The second kappa shape index (κ2) is 8.18. The fourth-order valence-corrected chi connectivity index (χ4v) is 3.04. The molecule has 1 heterocycles. The molecule has 0 saturated carbocycles. The number of rotatable bonds is 6. The second-order valence-corrected chi connectivity index (χ2v) is 6.17. The van der Waals surface area contributed by atoms with Crippen LogP contribution in [0.25, 0.3) is 0 Å². The molecule has 0 bridgehead atoms. The van der Waals surface area contributed by atoms with Gasteiger partial charge in [-0.25, -0.2) is 0 Å². The molecule has 1 fully saturated rings. The van der Waals surface area contributed by atoms with Gasteiger partial charge in [0, 0.05) is 24.7 Å². The number of hydrogen-bond donors (Lipinski definition) is 1. The molecule has 0 aromatic heterocycles. The molecule has 4 nitrogen and oxygen atoms in total. The monoisotopic (exact) mass is 304 g/mol. The van der Waals surface area contributed by atoms with Gasteiger partial charge in [0.1, 0.15) is 5.75 Å². The van der Waals surface area contributed by atoms with E-state index in [0.717, 1.165) is 30.8 Å². The van der Waals surface area contributed by atoms with Gasteiger partial charge < -0.3 is 15.0 Å². The van der Waals surface area contributed by atoms with E-state index in [1.165, 1.54) is 25.8 Å². The Hall–Kier alpha value is -1.55. The van der Waals surface area contributed by atoms with E-state index < -0.39 is 0 Å². The van der Waals surface area contributed by atoms with Gasteiger partial charge >= 0.3 is 0 Å². The molecule has 4 heteroatoms. The number of nitrogens with one attached hydrogen (secondary N) is 1. The van der Waals surface area contributed by atoms with Gasteiger partial charge in [-0.05, 0) is 57.4 Å². The SMILES string of the molecule is COc1cc(C(=O)NCCCN2CCCCC2C)ccc1C. The quantitative estimate of drug-likeness (QED) is 0.822. The van der Waals surface area contributed by atoms with E-state index in [0.29, 0.717) is 11.6 Å². The molecule has 1 saturated heterocycles. The maximum atomic E-state index is 12.2. The van der Waals surface area contributed by atoms with Crippen LogP contribution in [0.3, 0.4) is 0 Å². The number of carbonyl (C=O) groups excluding carboxylic acids is 1. The molecule has 1 unspecified atom stereocenters. The first-order valence-corrected chi connectivity index (χ1v) is 8.28. The minimum atomic E-state index is -0.0232. The molecule has 1 aliphatic heterocycles. The molecular formula is C18H28N2O2. The van der Waals surface area contributed by atoms with Gasteiger partial charge in [-0.15, -0.1) is 0 Å². The molecule has 22 heavy (non-hydrogen) atoms. The van der Waals surface area contributed by atoms with Crippen molar-refractivity contribution in [3.05, 3.63) is 29.3 Å². The summed E-state index contributed by atoms with van der Waals surface area (Å²) in [5, 5.41) is 3.00. The summed E-state index contributed by atoms with van der Waals surface area (Å²) in [6.45, 7) is 7.26. The van der Waals surface area contributed by atoms with Crippen molar-refractivity contribution < 1.29 is 9.53 Å². The fraction of sp³-hybridized carbons (Fsp3) is 0.611. The van der Waals surface area contributed by atoms with Gasteiger partial charge in [0.25, 0.3) is 5.91 Å². The topological polar surface area (TPSA) is 41.6 Å². The molecule has 0 aliphatic carbocycles. The van der Waals surface area contributed by atoms with Gasteiger partial charge in [0.2, 0.25) is 0 Å². The van der Waals surface area contributed by atoms with Crippen molar-refractivity contribution in [2.45, 2.75) is 45.6 Å². The minimum Gasteiger partial charge on any atom is -0.496 e. The highest BCUT2D eigenvalue weighted by Gasteiger charge is 2.17. The van der Waals surface area contributed by atoms with E-state index in [4.69, 9.17) is 4.74 Å². The van der Waals surface area contributed by atoms with Gasteiger partial charge in [-0.2, -0.15) is 0 Å². The summed E-state index contributed by atoms with van der Waals surface area (Å²) in [5.41, 5.74) is 1.70. The van der Waals surface area contributed by atoms with Crippen LogP contribution in [0.1, 0.15) is 48.5 Å². The average Bonchev–Trinajstić information content (AvgIpc) is 2.53. The lowest BCUT2D eigenvalue weighted by atomic mass is 10.0. The third-order valence-corrected chi connectivity index (χ3v) is 4.52. The van der Waals surface area contributed by atoms with Crippen LogP contribution in [0.2, 0.25) is 0 Å². The van der Waals surface area contributed by atoms with Crippen LogP contribution in [0.15, 0.2) is 18.2 Å². The van der Waals surface area contributed by atoms with E-state index in [2.05, 4.69) is 17.1 Å². The van der Waals surface area contributed by atoms with E-state index in [1.807, 2.05) is 19.1 Å². The lowest BCUT2D eigenvalue weighted by Gasteiger charge is -2.33. The highest BCUT2D eigenvalue weighted by Crippen LogP contribution is 2.19. The van der Waals surface area contributed by atoms with Crippen molar-refractivity contribution in [1.29, 1.82) is 0 Å². The first-order chi connectivity index (χ1) is 10.6. The van der Waals surface area contributed by atoms with Gasteiger partial charge in [0.05, 0.1) is 7.11 Å². The minimum absolute atomic E-state index is 0.0232. The molecule has 1 amide bonds. The van der Waals surface area contributed by atoms with Gasteiger partial charge in [-0.1, -0.05) is 12.5 Å². The van der Waals surface area contributed by atoms with E-state index in [9.17, 15) is 4.79 Å². The lowest BCUT2D eigenvalue weighted by molar-refractivity contribution is 0.0948. The smallest absolute Gasteiger partial charge is 0.251 e. The number of likely N-dealkylation sites (tertiary alicyclic amines) is 1. The third kappa shape index (κ3) is 4.47. The predicted molar refractivity (Wildman–Crippen MR) is 89.6 cm³/mol. The Morgan fingerprint density at radius 2 is 2.23 bits per heavy atom. The maximum Gasteiger partial charge on any atom is 0.251 e. The number of carbonyl (C=O) groups is 1. The van der Waals surface area contributed by atoms with E-state index in [1.54, 1.807) is 13.2 Å². The number of ether oxygens (including phenoxy) is 1. The summed E-state index contributed by atoms with van der Waals surface area (Å²) in [6.07, 6.45) is 4.96. The van der Waals surface area contributed by atoms with Crippen LogP contribution in [0.4, 0.5) is 0 Å². The number of aryl methyl sites for hydroxylation is 1. The molecule has 1 aromatic rings. The van der Waals surface area contributed by atoms with Crippen LogP contribution >= 0.6 is 0 Å². The first-order valence-electron chi connectivity index (χ1n) is 8.28. The maximum absolute atomic E-state index is 12.2. The molecule has 0 spiro atoms.